The molecule has 3 heteroatoms. The molecule has 1 amide bonds. The van der Waals surface area contributed by atoms with Gasteiger partial charge in [0.1, 0.15) is 0 Å². The van der Waals surface area contributed by atoms with Crippen molar-refractivity contribution in [1.29, 1.82) is 0 Å². The van der Waals surface area contributed by atoms with Crippen LogP contribution in [0.15, 0.2) is 0 Å². The zero-order valence-electron chi connectivity index (χ0n) is 9.79. The third-order valence-electron chi connectivity index (χ3n) is 2.43. The van der Waals surface area contributed by atoms with E-state index in [9.17, 15) is 4.79 Å². The summed E-state index contributed by atoms with van der Waals surface area (Å²) in [7, 11) is 0. The van der Waals surface area contributed by atoms with E-state index in [1.54, 1.807) is 6.92 Å². The summed E-state index contributed by atoms with van der Waals surface area (Å²) in [6.07, 6.45) is 1.10. The summed E-state index contributed by atoms with van der Waals surface area (Å²) >= 11 is 0. The number of likely N-dealkylation sites (tertiary alicyclic amines) is 1. The Bertz CT molecular complexity index is 171. The van der Waals surface area contributed by atoms with E-state index in [-0.39, 0.29) is 18.4 Å². The smallest absolute Gasteiger partial charge is 0.227 e. The molecule has 0 aromatic heterocycles. The number of nitrogens with zero attached hydrogens (tertiary/aromatic N) is 1. The third kappa shape index (κ3) is 3.66. The number of aliphatic hydroxyl groups excluding tert-OH is 1. The Hall–Kier alpha value is -0.570. The Morgan fingerprint density at radius 2 is 2.14 bits per heavy atom. The van der Waals surface area contributed by atoms with Gasteiger partial charge in [0.05, 0.1) is 12.5 Å². The fraction of sp³-hybridized carbons (Fsp3) is 0.909. The largest absolute Gasteiger partial charge is 0.396 e. The highest BCUT2D eigenvalue weighted by atomic mass is 16.3. The summed E-state index contributed by atoms with van der Waals surface area (Å²) < 4.78 is 0. The van der Waals surface area contributed by atoms with Gasteiger partial charge >= 0.3 is 0 Å². The summed E-state index contributed by atoms with van der Waals surface area (Å²) in [5.74, 6) is 0.497. The zero-order chi connectivity index (χ0) is 11.1. The average molecular weight is 201 g/mol. The molecule has 0 radical (unpaired) electrons. The first kappa shape index (κ1) is 13.4. The van der Waals surface area contributed by atoms with Crippen LogP contribution in [0.5, 0.6) is 0 Å². The fourth-order valence-corrected chi connectivity index (χ4v) is 1.52. The van der Waals surface area contributed by atoms with Gasteiger partial charge in [-0.15, -0.1) is 0 Å². The maximum Gasteiger partial charge on any atom is 0.227 e. The fourth-order valence-electron chi connectivity index (χ4n) is 1.52. The number of rotatable bonds is 2. The summed E-state index contributed by atoms with van der Waals surface area (Å²) in [6, 6.07) is 0. The Balaban J connectivity index is 0.000000791. The van der Waals surface area contributed by atoms with Crippen molar-refractivity contribution in [3.63, 3.8) is 0 Å². The van der Waals surface area contributed by atoms with Gasteiger partial charge in [-0.1, -0.05) is 27.7 Å². The van der Waals surface area contributed by atoms with Gasteiger partial charge in [-0.05, 0) is 12.3 Å². The summed E-state index contributed by atoms with van der Waals surface area (Å²) in [5, 5.41) is 8.78. The summed E-state index contributed by atoms with van der Waals surface area (Å²) in [6.45, 7) is 9.61. The van der Waals surface area contributed by atoms with E-state index < -0.39 is 0 Å². The van der Waals surface area contributed by atoms with Crippen molar-refractivity contribution in [2.45, 2.75) is 34.1 Å². The van der Waals surface area contributed by atoms with Crippen molar-refractivity contribution >= 4 is 5.91 Å². The van der Waals surface area contributed by atoms with E-state index in [4.69, 9.17) is 5.11 Å². The SMILES string of the molecule is CC.CC1CCN(C(=O)C(C)CO)C1. The minimum absolute atomic E-state index is 0.0380. The number of hydrogen-bond donors (Lipinski definition) is 1. The zero-order valence-corrected chi connectivity index (χ0v) is 9.79. The molecule has 1 N–H and O–H groups in total. The first-order valence-electron chi connectivity index (χ1n) is 5.54. The number of amides is 1. The summed E-state index contributed by atoms with van der Waals surface area (Å²) in [5.41, 5.74) is 0. The van der Waals surface area contributed by atoms with E-state index in [0.717, 1.165) is 19.5 Å². The van der Waals surface area contributed by atoms with Crippen LogP contribution >= 0.6 is 0 Å². The molecule has 1 saturated heterocycles. The average Bonchev–Trinajstić information content (AvgIpc) is 2.65. The van der Waals surface area contributed by atoms with Crippen LogP contribution in [0.25, 0.3) is 0 Å². The summed E-state index contributed by atoms with van der Waals surface area (Å²) in [4.78, 5) is 13.3. The van der Waals surface area contributed by atoms with Gasteiger partial charge < -0.3 is 10.0 Å². The van der Waals surface area contributed by atoms with Gasteiger partial charge in [0.15, 0.2) is 0 Å². The maximum atomic E-state index is 11.5. The highest BCUT2D eigenvalue weighted by molar-refractivity contribution is 5.78. The molecule has 1 rings (SSSR count). The number of carbonyl (C=O) groups is 1. The van der Waals surface area contributed by atoms with Crippen molar-refractivity contribution in [3.05, 3.63) is 0 Å². The van der Waals surface area contributed by atoms with E-state index in [1.165, 1.54) is 0 Å². The topological polar surface area (TPSA) is 40.5 Å². The first-order valence-corrected chi connectivity index (χ1v) is 5.54. The highest BCUT2D eigenvalue weighted by Gasteiger charge is 2.25. The third-order valence-corrected chi connectivity index (χ3v) is 2.43. The second-order valence-corrected chi connectivity index (χ2v) is 3.76. The van der Waals surface area contributed by atoms with Crippen molar-refractivity contribution in [1.82, 2.24) is 4.90 Å². The lowest BCUT2D eigenvalue weighted by molar-refractivity contribution is -0.135. The Labute approximate surface area is 87.1 Å². The molecule has 1 heterocycles. The minimum Gasteiger partial charge on any atom is -0.396 e. The molecule has 0 aromatic rings. The molecule has 0 spiro atoms. The Kier molecular flexibility index (Phi) is 6.54. The Morgan fingerprint density at radius 1 is 1.57 bits per heavy atom. The first-order chi connectivity index (χ1) is 6.65. The minimum atomic E-state index is -0.227. The van der Waals surface area contributed by atoms with Crippen molar-refractivity contribution < 1.29 is 9.90 Å². The van der Waals surface area contributed by atoms with E-state index >= 15 is 0 Å². The number of hydrogen-bond acceptors (Lipinski definition) is 2. The molecule has 14 heavy (non-hydrogen) atoms. The van der Waals surface area contributed by atoms with Crippen molar-refractivity contribution in [2.75, 3.05) is 19.7 Å². The van der Waals surface area contributed by atoms with Crippen LogP contribution in [0.3, 0.4) is 0 Å². The molecule has 1 aliphatic heterocycles. The quantitative estimate of drug-likeness (QED) is 0.735. The van der Waals surface area contributed by atoms with Crippen LogP contribution < -0.4 is 0 Å². The molecule has 3 nitrogen and oxygen atoms in total. The molecule has 0 bridgehead atoms. The lowest BCUT2D eigenvalue weighted by atomic mass is 10.1. The lowest BCUT2D eigenvalue weighted by Gasteiger charge is -2.19. The molecule has 1 aliphatic rings. The van der Waals surface area contributed by atoms with Gasteiger partial charge in [-0.3, -0.25) is 4.79 Å². The van der Waals surface area contributed by atoms with Crippen LogP contribution in [0, 0.1) is 11.8 Å². The normalized spacial score (nSPS) is 22.6. The molecule has 0 saturated carbocycles. The lowest BCUT2D eigenvalue weighted by Crippen LogP contribution is -2.34. The van der Waals surface area contributed by atoms with Gasteiger partial charge in [-0.25, -0.2) is 0 Å². The van der Waals surface area contributed by atoms with E-state index in [1.807, 2.05) is 18.7 Å². The van der Waals surface area contributed by atoms with Crippen LogP contribution in [-0.2, 0) is 4.79 Å². The molecule has 84 valence electrons. The van der Waals surface area contributed by atoms with Crippen molar-refractivity contribution in [2.24, 2.45) is 11.8 Å². The number of aliphatic hydroxyl groups is 1. The monoisotopic (exact) mass is 201 g/mol. The molecule has 2 unspecified atom stereocenters. The molecular formula is C11H23NO2. The predicted molar refractivity (Wildman–Crippen MR) is 58.0 cm³/mol. The molecule has 0 aromatic carbocycles. The van der Waals surface area contributed by atoms with Gasteiger partial charge in [-0.2, -0.15) is 0 Å². The van der Waals surface area contributed by atoms with E-state index in [2.05, 4.69) is 6.92 Å². The highest BCUT2D eigenvalue weighted by Crippen LogP contribution is 2.17. The standard InChI is InChI=1S/C9H17NO2.C2H6/c1-7-3-4-10(5-7)9(12)8(2)6-11;1-2/h7-8,11H,3-6H2,1-2H3;1-2H3. The van der Waals surface area contributed by atoms with Gasteiger partial charge in [0.25, 0.3) is 0 Å². The van der Waals surface area contributed by atoms with Gasteiger partial charge in [0, 0.05) is 13.1 Å². The Morgan fingerprint density at radius 3 is 2.50 bits per heavy atom. The molecular weight excluding hydrogens is 178 g/mol. The van der Waals surface area contributed by atoms with Crippen LogP contribution in [-0.4, -0.2) is 35.6 Å². The second-order valence-electron chi connectivity index (χ2n) is 3.76. The van der Waals surface area contributed by atoms with Crippen LogP contribution in [0.2, 0.25) is 0 Å². The van der Waals surface area contributed by atoms with Crippen molar-refractivity contribution in [3.8, 4) is 0 Å². The molecule has 2 atom stereocenters. The van der Waals surface area contributed by atoms with Gasteiger partial charge in [0.2, 0.25) is 5.91 Å². The van der Waals surface area contributed by atoms with Crippen LogP contribution in [0.4, 0.5) is 0 Å². The predicted octanol–water partition coefficient (Wildman–Crippen LogP) is 1.51. The second kappa shape index (κ2) is 6.82. The molecule has 0 aliphatic carbocycles. The van der Waals surface area contributed by atoms with Crippen LogP contribution in [0.1, 0.15) is 34.1 Å². The van der Waals surface area contributed by atoms with E-state index in [0.29, 0.717) is 5.92 Å². The molecule has 1 fully saturated rings. The maximum absolute atomic E-state index is 11.5. The number of carbonyl (C=O) groups excluding carboxylic acids is 1.